The fraction of sp³-hybridized carbons (Fsp3) is 0.409. The molecule has 0 radical (unpaired) electrons. The van der Waals surface area contributed by atoms with Gasteiger partial charge in [0.15, 0.2) is 11.4 Å². The van der Waals surface area contributed by atoms with Crippen LogP contribution in [0.3, 0.4) is 0 Å². The lowest BCUT2D eigenvalue weighted by molar-refractivity contribution is -0.147. The number of carbonyl (C=O) groups is 3. The van der Waals surface area contributed by atoms with Crippen LogP contribution in [-0.2, 0) is 20.8 Å². The molecule has 31 heavy (non-hydrogen) atoms. The number of amides is 1. The molecule has 9 nitrogen and oxygen atoms in total. The summed E-state index contributed by atoms with van der Waals surface area (Å²) in [5.41, 5.74) is 3.47. The largest absolute Gasteiger partial charge is 0.508 e. The molecule has 1 heterocycles. The summed E-state index contributed by atoms with van der Waals surface area (Å²) in [6, 6.07) is 3.24. The zero-order chi connectivity index (χ0) is 22.2. The van der Waals surface area contributed by atoms with E-state index in [2.05, 4.69) is 4.90 Å². The number of carbonyl (C=O) groups excluding carboxylic acids is 3. The van der Waals surface area contributed by atoms with Gasteiger partial charge in [-0.05, 0) is 42.9 Å². The van der Waals surface area contributed by atoms with Crippen molar-refractivity contribution in [2.24, 2.45) is 17.6 Å². The maximum Gasteiger partial charge on any atom is 0.255 e. The summed E-state index contributed by atoms with van der Waals surface area (Å²) in [5, 5.41) is 43.2. The molecule has 3 atom stereocenters. The average Bonchev–Trinajstić information content (AvgIpc) is 2.65. The maximum atomic E-state index is 13.4. The van der Waals surface area contributed by atoms with Gasteiger partial charge in [0, 0.05) is 36.7 Å². The van der Waals surface area contributed by atoms with Crippen LogP contribution in [0.4, 0.5) is 5.69 Å². The first-order valence-electron chi connectivity index (χ1n) is 10.2. The van der Waals surface area contributed by atoms with Crippen LogP contribution < -0.4 is 10.6 Å². The Morgan fingerprint density at radius 1 is 1.13 bits per heavy atom. The van der Waals surface area contributed by atoms with Crippen LogP contribution in [0.1, 0.15) is 30.4 Å². The number of Topliss-reactive ketones (excluding diaryl/α,β-unsaturated/α-hetero) is 2. The van der Waals surface area contributed by atoms with E-state index in [1.54, 1.807) is 6.07 Å². The predicted octanol–water partition coefficient (Wildman–Crippen LogP) is 0.634. The number of aromatic hydroxyl groups is 1. The first kappa shape index (κ1) is 19.6. The van der Waals surface area contributed by atoms with Crippen LogP contribution in [-0.4, -0.2) is 56.6 Å². The number of hydrogen-bond acceptors (Lipinski definition) is 8. The molecule has 1 aromatic carbocycles. The van der Waals surface area contributed by atoms with Crippen molar-refractivity contribution in [2.45, 2.75) is 31.3 Å². The van der Waals surface area contributed by atoms with Gasteiger partial charge in [-0.25, -0.2) is 0 Å². The molecule has 5 rings (SSSR count). The number of hydrogen-bond donors (Lipinski definition) is 5. The van der Waals surface area contributed by atoms with Gasteiger partial charge in [0.05, 0.1) is 5.56 Å². The first-order valence-corrected chi connectivity index (χ1v) is 10.2. The van der Waals surface area contributed by atoms with Gasteiger partial charge < -0.3 is 31.1 Å². The van der Waals surface area contributed by atoms with E-state index in [0.717, 1.165) is 25.2 Å². The van der Waals surface area contributed by atoms with Gasteiger partial charge in [-0.1, -0.05) is 0 Å². The number of aliphatic hydroxyl groups is 3. The molecule has 1 aliphatic heterocycles. The third kappa shape index (κ3) is 2.43. The molecule has 1 saturated carbocycles. The highest BCUT2D eigenvalue weighted by Crippen LogP contribution is 2.53. The van der Waals surface area contributed by atoms with E-state index >= 15 is 0 Å². The summed E-state index contributed by atoms with van der Waals surface area (Å²) in [4.78, 5) is 39.5. The van der Waals surface area contributed by atoms with E-state index in [1.165, 1.54) is 6.07 Å². The quantitative estimate of drug-likeness (QED) is 0.430. The van der Waals surface area contributed by atoms with E-state index < -0.39 is 52.0 Å². The van der Waals surface area contributed by atoms with Crippen LogP contribution in [0.25, 0.3) is 5.76 Å². The molecule has 0 bridgehead atoms. The van der Waals surface area contributed by atoms with Crippen molar-refractivity contribution in [3.63, 3.8) is 0 Å². The molecule has 4 aliphatic rings. The summed E-state index contributed by atoms with van der Waals surface area (Å²) in [7, 11) is 0. The third-order valence-corrected chi connectivity index (χ3v) is 7.12. The Morgan fingerprint density at radius 2 is 1.84 bits per heavy atom. The van der Waals surface area contributed by atoms with E-state index in [1.807, 2.05) is 0 Å². The number of rotatable bonds is 2. The van der Waals surface area contributed by atoms with Crippen LogP contribution in [0.2, 0.25) is 0 Å². The van der Waals surface area contributed by atoms with Crippen molar-refractivity contribution in [1.82, 2.24) is 0 Å². The topological polar surface area (TPSA) is 161 Å². The maximum absolute atomic E-state index is 13.4. The van der Waals surface area contributed by atoms with Gasteiger partial charge in [0.2, 0.25) is 5.78 Å². The number of anilines is 1. The number of aliphatic hydroxyl groups excluding tert-OH is 2. The minimum Gasteiger partial charge on any atom is -0.508 e. The predicted molar refractivity (Wildman–Crippen MR) is 108 cm³/mol. The number of ketones is 2. The molecule has 1 saturated heterocycles. The fourth-order valence-corrected chi connectivity index (χ4v) is 5.46. The molecule has 162 valence electrons. The third-order valence-electron chi connectivity index (χ3n) is 7.12. The fourth-order valence-electron chi connectivity index (χ4n) is 5.46. The minimum atomic E-state index is -2.53. The number of nitrogens with zero attached hydrogens (tertiary/aromatic N) is 1. The zero-order valence-electron chi connectivity index (χ0n) is 16.6. The normalized spacial score (nSPS) is 29.9. The second-order valence-electron chi connectivity index (χ2n) is 8.70. The lowest BCUT2D eigenvalue weighted by Gasteiger charge is -2.46. The highest BCUT2D eigenvalue weighted by molar-refractivity contribution is 6.22. The van der Waals surface area contributed by atoms with Crippen molar-refractivity contribution < 1.29 is 34.8 Å². The zero-order valence-corrected chi connectivity index (χ0v) is 16.6. The molecule has 2 fully saturated rings. The van der Waals surface area contributed by atoms with Crippen LogP contribution in [0.15, 0.2) is 29.0 Å². The Hall–Kier alpha value is -3.33. The first-order chi connectivity index (χ1) is 14.7. The second-order valence-corrected chi connectivity index (χ2v) is 8.70. The van der Waals surface area contributed by atoms with Gasteiger partial charge in [-0.3, -0.25) is 14.4 Å². The van der Waals surface area contributed by atoms with Crippen molar-refractivity contribution in [3.8, 4) is 5.75 Å². The molecular formula is C22H22N2O7. The Morgan fingerprint density at radius 3 is 2.45 bits per heavy atom. The monoisotopic (exact) mass is 426 g/mol. The van der Waals surface area contributed by atoms with Crippen LogP contribution in [0, 0.1) is 11.8 Å². The van der Waals surface area contributed by atoms with Gasteiger partial charge in [-0.2, -0.15) is 0 Å². The van der Waals surface area contributed by atoms with Gasteiger partial charge in [0.25, 0.3) is 5.91 Å². The standard InChI is InChI=1S/C22H22N2O7/c23-21(30)17-14(26)8-10-6-9-7-11-12(24-4-1-5-24)2-3-13(25)16(11)18(27)15(9)19(28)22(10,31)20(17)29/h2-3,9-10,25,27,29,31H,1,4-8H2,(H2,23,30). The Bertz CT molecular complexity index is 1130. The summed E-state index contributed by atoms with van der Waals surface area (Å²) < 4.78 is 0. The average molecular weight is 426 g/mol. The highest BCUT2D eigenvalue weighted by atomic mass is 16.3. The van der Waals surface area contributed by atoms with Crippen molar-refractivity contribution >= 4 is 28.9 Å². The lowest BCUT2D eigenvalue weighted by atomic mass is 9.59. The molecule has 3 unspecified atom stereocenters. The molecule has 6 N–H and O–H groups in total. The highest BCUT2D eigenvalue weighted by Gasteiger charge is 2.60. The smallest absolute Gasteiger partial charge is 0.255 e. The number of primary amides is 1. The Labute approximate surface area is 177 Å². The van der Waals surface area contributed by atoms with E-state index in [9.17, 15) is 34.8 Å². The van der Waals surface area contributed by atoms with E-state index in [-0.39, 0.29) is 29.7 Å². The Kier molecular flexibility index (Phi) is 4.01. The van der Waals surface area contributed by atoms with E-state index in [0.29, 0.717) is 12.0 Å². The number of benzene rings is 1. The number of nitrogens with two attached hydrogens (primary N) is 1. The van der Waals surface area contributed by atoms with Crippen molar-refractivity contribution in [1.29, 1.82) is 0 Å². The number of fused-ring (bicyclic) bond motifs is 3. The SMILES string of the molecule is NC(=O)C1=C(O)C2(O)C(=O)C3=C(O)c4c(O)ccc(N5CCC5)c4CC3CC2CC1=O. The summed E-state index contributed by atoms with van der Waals surface area (Å²) >= 11 is 0. The summed E-state index contributed by atoms with van der Waals surface area (Å²) in [6.45, 7) is 1.70. The van der Waals surface area contributed by atoms with Crippen molar-refractivity contribution in [3.05, 3.63) is 40.2 Å². The number of phenolic OH excluding ortho intramolecular Hbond substituents is 1. The van der Waals surface area contributed by atoms with Crippen molar-refractivity contribution in [2.75, 3.05) is 18.0 Å². The number of phenols is 1. The molecule has 1 amide bonds. The summed E-state index contributed by atoms with van der Waals surface area (Å²) in [5.74, 6) is -6.10. The summed E-state index contributed by atoms with van der Waals surface area (Å²) in [6.07, 6.45) is 1.18. The van der Waals surface area contributed by atoms with Crippen LogP contribution >= 0.6 is 0 Å². The molecule has 0 aromatic heterocycles. The van der Waals surface area contributed by atoms with Gasteiger partial charge in [0.1, 0.15) is 22.8 Å². The van der Waals surface area contributed by atoms with Gasteiger partial charge >= 0.3 is 0 Å². The molecule has 1 aromatic rings. The Balaban J connectivity index is 1.69. The second kappa shape index (κ2) is 6.34. The molecular weight excluding hydrogens is 404 g/mol. The molecule has 0 spiro atoms. The van der Waals surface area contributed by atoms with E-state index in [4.69, 9.17) is 5.73 Å². The molecule has 9 heteroatoms. The van der Waals surface area contributed by atoms with Crippen LogP contribution in [0.5, 0.6) is 5.75 Å². The molecule has 3 aliphatic carbocycles. The minimum absolute atomic E-state index is 0.118. The van der Waals surface area contributed by atoms with Gasteiger partial charge in [-0.15, -0.1) is 0 Å². The lowest BCUT2D eigenvalue weighted by Crippen LogP contribution is -2.58.